The van der Waals surface area contributed by atoms with Crippen molar-refractivity contribution in [3.05, 3.63) is 46.6 Å². The lowest BCUT2D eigenvalue weighted by atomic mass is 9.84. The van der Waals surface area contributed by atoms with Crippen LogP contribution < -0.4 is 9.80 Å². The smallest absolute Gasteiger partial charge is 0.385 e. The highest BCUT2D eigenvalue weighted by molar-refractivity contribution is 6.31. The third-order valence-corrected chi connectivity index (χ3v) is 5.03. The average Bonchev–Trinajstić information content (AvgIpc) is 2.61. The van der Waals surface area contributed by atoms with Crippen LogP contribution in [0.2, 0.25) is 5.02 Å². The molecule has 0 atom stereocenters. The number of hydrogen-bond acceptors (Lipinski definition) is 5. The molecule has 1 aromatic heterocycles. The normalized spacial score (nSPS) is 17.1. The highest BCUT2D eigenvalue weighted by Crippen LogP contribution is 2.38. The van der Waals surface area contributed by atoms with E-state index in [9.17, 15) is 18.3 Å². The zero-order valence-corrected chi connectivity index (χ0v) is 15.7. The van der Waals surface area contributed by atoms with Gasteiger partial charge in [0.1, 0.15) is 5.82 Å². The van der Waals surface area contributed by atoms with Gasteiger partial charge < -0.3 is 14.9 Å². The molecule has 0 saturated carbocycles. The molecular weight excluding hydrogens is 381 g/mol. The highest BCUT2D eigenvalue weighted by Gasteiger charge is 2.38. The van der Waals surface area contributed by atoms with Crippen LogP contribution in [0.1, 0.15) is 24.1 Å². The van der Waals surface area contributed by atoms with Crippen LogP contribution in [-0.2, 0) is 11.8 Å². The molecule has 3 rings (SSSR count). The predicted molar refractivity (Wildman–Crippen MR) is 98.2 cm³/mol. The van der Waals surface area contributed by atoms with E-state index >= 15 is 0 Å². The van der Waals surface area contributed by atoms with Crippen LogP contribution in [0.4, 0.5) is 24.9 Å². The summed E-state index contributed by atoms with van der Waals surface area (Å²) in [7, 11) is 3.25. The van der Waals surface area contributed by atoms with Crippen LogP contribution in [0.5, 0.6) is 0 Å². The summed E-state index contributed by atoms with van der Waals surface area (Å²) in [5, 5.41) is 11.4. The molecule has 146 valence electrons. The first-order valence-electron chi connectivity index (χ1n) is 8.46. The number of anilines is 2. The Morgan fingerprint density at radius 1 is 1.15 bits per heavy atom. The molecule has 0 unspecified atom stereocenters. The van der Waals surface area contributed by atoms with E-state index in [1.54, 1.807) is 43.3 Å². The molecule has 27 heavy (non-hydrogen) atoms. The fourth-order valence-corrected chi connectivity index (χ4v) is 3.43. The van der Waals surface area contributed by atoms with E-state index in [1.807, 2.05) is 0 Å². The van der Waals surface area contributed by atoms with Crippen molar-refractivity contribution in [3.8, 4) is 0 Å². The molecule has 0 amide bonds. The maximum absolute atomic E-state index is 13.2. The number of halogens is 4. The van der Waals surface area contributed by atoms with Gasteiger partial charge >= 0.3 is 6.18 Å². The summed E-state index contributed by atoms with van der Waals surface area (Å²) in [5.41, 5.74) is -1.48. The molecule has 1 saturated heterocycles. The van der Waals surface area contributed by atoms with Crippen molar-refractivity contribution in [1.29, 1.82) is 0 Å². The zero-order valence-electron chi connectivity index (χ0n) is 15.0. The molecule has 1 aliphatic heterocycles. The molecule has 0 aliphatic carbocycles. The molecule has 1 fully saturated rings. The maximum Gasteiger partial charge on any atom is 0.433 e. The third-order valence-electron chi connectivity index (χ3n) is 4.70. The second-order valence-electron chi connectivity index (χ2n) is 6.80. The first-order valence-corrected chi connectivity index (χ1v) is 8.84. The van der Waals surface area contributed by atoms with Crippen LogP contribution >= 0.6 is 11.6 Å². The fraction of sp³-hybridized carbons (Fsp3) is 0.444. The van der Waals surface area contributed by atoms with Gasteiger partial charge in [0.05, 0.1) is 5.60 Å². The topological polar surface area (TPSA) is 52.5 Å². The van der Waals surface area contributed by atoms with Gasteiger partial charge in [-0.05, 0) is 18.9 Å². The highest BCUT2D eigenvalue weighted by atomic mass is 35.5. The van der Waals surface area contributed by atoms with Crippen LogP contribution in [0, 0.1) is 0 Å². The Hall–Kier alpha value is -2.06. The Labute approximate surface area is 160 Å². The summed E-state index contributed by atoms with van der Waals surface area (Å²) >= 11 is 6.20. The van der Waals surface area contributed by atoms with Gasteiger partial charge in [-0.2, -0.15) is 18.2 Å². The van der Waals surface area contributed by atoms with Crippen LogP contribution in [0.25, 0.3) is 0 Å². The van der Waals surface area contributed by atoms with Crippen LogP contribution in [0.3, 0.4) is 0 Å². The van der Waals surface area contributed by atoms with Crippen molar-refractivity contribution in [2.45, 2.75) is 24.6 Å². The number of rotatable bonds is 3. The summed E-state index contributed by atoms with van der Waals surface area (Å²) in [6, 6.07) is 7.98. The molecule has 5 nitrogen and oxygen atoms in total. The first kappa shape index (κ1) is 19.7. The Kier molecular flexibility index (Phi) is 5.22. The molecule has 1 aromatic carbocycles. The molecule has 1 aliphatic rings. The minimum atomic E-state index is -4.56. The Balaban J connectivity index is 1.86. The zero-order chi connectivity index (χ0) is 19.8. The monoisotopic (exact) mass is 400 g/mol. The molecule has 2 heterocycles. The van der Waals surface area contributed by atoms with Gasteiger partial charge in [-0.15, -0.1) is 0 Å². The summed E-state index contributed by atoms with van der Waals surface area (Å²) < 4.78 is 39.6. The van der Waals surface area contributed by atoms with Gasteiger partial charge in [0.15, 0.2) is 5.69 Å². The third kappa shape index (κ3) is 4.11. The largest absolute Gasteiger partial charge is 0.433 e. The Bertz CT molecular complexity index is 820. The second-order valence-corrected chi connectivity index (χ2v) is 7.21. The van der Waals surface area contributed by atoms with E-state index < -0.39 is 17.5 Å². The van der Waals surface area contributed by atoms with Gasteiger partial charge in [0.2, 0.25) is 5.95 Å². The predicted octanol–water partition coefficient (Wildman–Crippen LogP) is 3.70. The van der Waals surface area contributed by atoms with Crippen molar-refractivity contribution < 1.29 is 18.3 Å². The van der Waals surface area contributed by atoms with Crippen molar-refractivity contribution >= 4 is 23.4 Å². The first-order chi connectivity index (χ1) is 12.6. The summed E-state index contributed by atoms with van der Waals surface area (Å²) in [5.74, 6) is 0.189. The minimum absolute atomic E-state index is 0.00901. The number of alkyl halides is 3. The number of piperidine rings is 1. The van der Waals surface area contributed by atoms with Gasteiger partial charge in [0.25, 0.3) is 0 Å². The number of aliphatic hydroxyl groups is 1. The number of benzene rings is 1. The summed E-state index contributed by atoms with van der Waals surface area (Å²) in [4.78, 5) is 11.1. The molecule has 0 bridgehead atoms. The van der Waals surface area contributed by atoms with Crippen molar-refractivity contribution in [2.24, 2.45) is 0 Å². The summed E-state index contributed by atoms with van der Waals surface area (Å²) in [6.07, 6.45) is -3.93. The lowest BCUT2D eigenvalue weighted by Crippen LogP contribution is -2.43. The van der Waals surface area contributed by atoms with Crippen molar-refractivity contribution in [1.82, 2.24) is 9.97 Å². The SMILES string of the molecule is CN(C)c1cc(C(F)(F)F)nc(N2CCC(O)(c3ccccc3Cl)CC2)n1. The quantitative estimate of drug-likeness (QED) is 0.851. The van der Waals surface area contributed by atoms with E-state index in [0.29, 0.717) is 36.5 Å². The van der Waals surface area contributed by atoms with Crippen LogP contribution in [0.15, 0.2) is 30.3 Å². The average molecular weight is 401 g/mol. The van der Waals surface area contributed by atoms with E-state index in [-0.39, 0.29) is 11.8 Å². The van der Waals surface area contributed by atoms with Crippen LogP contribution in [-0.4, -0.2) is 42.3 Å². The molecular formula is C18H20ClF3N4O. The van der Waals surface area contributed by atoms with Gasteiger partial charge in [-0.25, -0.2) is 4.98 Å². The standard InChI is InChI=1S/C18H20ClF3N4O/c1-25(2)15-11-14(18(20,21)22)23-16(24-15)26-9-7-17(27,8-10-26)12-5-3-4-6-13(12)19/h3-6,11,27H,7-10H2,1-2H3. The second kappa shape index (κ2) is 7.16. The number of nitrogens with zero attached hydrogens (tertiary/aromatic N) is 4. The van der Waals surface area contributed by atoms with E-state index in [1.165, 1.54) is 4.90 Å². The van der Waals surface area contributed by atoms with Gasteiger partial charge in [-0.1, -0.05) is 29.8 Å². The number of hydrogen-bond donors (Lipinski definition) is 1. The Morgan fingerprint density at radius 3 is 2.33 bits per heavy atom. The maximum atomic E-state index is 13.2. The number of aromatic nitrogens is 2. The lowest BCUT2D eigenvalue weighted by Gasteiger charge is -2.39. The van der Waals surface area contributed by atoms with Crippen molar-refractivity contribution in [3.63, 3.8) is 0 Å². The van der Waals surface area contributed by atoms with Gasteiger partial charge in [-0.3, -0.25) is 0 Å². The van der Waals surface area contributed by atoms with E-state index in [0.717, 1.165) is 6.07 Å². The van der Waals surface area contributed by atoms with Gasteiger partial charge in [0, 0.05) is 43.8 Å². The Morgan fingerprint density at radius 2 is 1.78 bits per heavy atom. The van der Waals surface area contributed by atoms with E-state index in [2.05, 4.69) is 9.97 Å². The summed E-state index contributed by atoms with van der Waals surface area (Å²) in [6.45, 7) is 0.631. The molecule has 0 spiro atoms. The molecule has 0 radical (unpaired) electrons. The van der Waals surface area contributed by atoms with E-state index in [4.69, 9.17) is 11.6 Å². The lowest BCUT2D eigenvalue weighted by molar-refractivity contribution is -0.141. The molecule has 1 N–H and O–H groups in total. The molecule has 9 heteroatoms. The minimum Gasteiger partial charge on any atom is -0.385 e. The van der Waals surface area contributed by atoms with Crippen molar-refractivity contribution in [2.75, 3.05) is 37.0 Å². The molecule has 2 aromatic rings. The fourth-order valence-electron chi connectivity index (χ4n) is 3.12.